The second-order valence-corrected chi connectivity index (χ2v) is 3.77. The summed E-state index contributed by atoms with van der Waals surface area (Å²) >= 11 is 3.26. The van der Waals surface area contributed by atoms with Crippen LogP contribution in [0.25, 0.3) is 0 Å². The maximum atomic E-state index is 10.9. The van der Waals surface area contributed by atoms with Crippen molar-refractivity contribution in [2.24, 2.45) is 10.9 Å². The van der Waals surface area contributed by atoms with Crippen molar-refractivity contribution in [2.45, 2.75) is 6.92 Å². The molecular formula is C9H10BrN3O2. The average Bonchev–Trinajstić information content (AvgIpc) is 2.16. The van der Waals surface area contributed by atoms with Crippen molar-refractivity contribution in [3.8, 4) is 0 Å². The predicted molar refractivity (Wildman–Crippen MR) is 61.0 cm³/mol. The lowest BCUT2D eigenvalue weighted by molar-refractivity contribution is -0.114. The summed E-state index contributed by atoms with van der Waals surface area (Å²) < 4.78 is 0.792. The van der Waals surface area contributed by atoms with Gasteiger partial charge in [0.15, 0.2) is 5.84 Å². The van der Waals surface area contributed by atoms with Gasteiger partial charge in [0.2, 0.25) is 5.91 Å². The number of amidine groups is 1. The molecule has 1 rings (SSSR count). The summed E-state index contributed by atoms with van der Waals surface area (Å²) in [5.41, 5.74) is 6.42. The highest BCUT2D eigenvalue weighted by Crippen LogP contribution is 2.21. The number of hydrogen-bond acceptors (Lipinski definition) is 3. The third kappa shape index (κ3) is 2.95. The fourth-order valence-corrected chi connectivity index (χ4v) is 1.45. The van der Waals surface area contributed by atoms with Gasteiger partial charge in [0.25, 0.3) is 0 Å². The number of amides is 1. The Bertz CT molecular complexity index is 418. The molecule has 0 fully saturated rings. The van der Waals surface area contributed by atoms with Crippen LogP contribution in [0.4, 0.5) is 5.69 Å². The first-order valence-electron chi connectivity index (χ1n) is 4.09. The zero-order chi connectivity index (χ0) is 11.4. The molecule has 0 unspecified atom stereocenters. The Kier molecular flexibility index (Phi) is 3.68. The zero-order valence-electron chi connectivity index (χ0n) is 7.99. The van der Waals surface area contributed by atoms with Crippen LogP contribution in [-0.2, 0) is 4.79 Å². The van der Waals surface area contributed by atoms with E-state index in [0.717, 1.165) is 4.47 Å². The summed E-state index contributed by atoms with van der Waals surface area (Å²) in [6, 6.07) is 5.05. The fraction of sp³-hybridized carbons (Fsp3) is 0.111. The Morgan fingerprint density at radius 1 is 1.60 bits per heavy atom. The van der Waals surface area contributed by atoms with Crippen LogP contribution in [-0.4, -0.2) is 17.0 Å². The lowest BCUT2D eigenvalue weighted by atomic mass is 10.1. The van der Waals surface area contributed by atoms with Gasteiger partial charge in [-0.25, -0.2) is 0 Å². The van der Waals surface area contributed by atoms with E-state index in [2.05, 4.69) is 26.4 Å². The molecule has 80 valence electrons. The van der Waals surface area contributed by atoms with E-state index in [1.165, 1.54) is 6.92 Å². The number of halogens is 1. The van der Waals surface area contributed by atoms with E-state index >= 15 is 0 Å². The lowest BCUT2D eigenvalue weighted by Gasteiger charge is -2.08. The van der Waals surface area contributed by atoms with Crippen LogP contribution < -0.4 is 11.1 Å². The number of oxime groups is 1. The van der Waals surface area contributed by atoms with Crippen LogP contribution in [0.2, 0.25) is 0 Å². The number of benzene rings is 1. The Morgan fingerprint density at radius 2 is 2.27 bits per heavy atom. The largest absolute Gasteiger partial charge is 0.409 e. The minimum Gasteiger partial charge on any atom is -0.409 e. The van der Waals surface area contributed by atoms with E-state index in [1.807, 2.05) is 0 Å². The molecule has 15 heavy (non-hydrogen) atoms. The maximum Gasteiger partial charge on any atom is 0.221 e. The molecule has 0 aliphatic heterocycles. The van der Waals surface area contributed by atoms with Crippen molar-refractivity contribution in [3.63, 3.8) is 0 Å². The molecule has 0 spiro atoms. The Morgan fingerprint density at radius 3 is 2.80 bits per heavy atom. The first kappa shape index (κ1) is 11.5. The van der Waals surface area contributed by atoms with Crippen molar-refractivity contribution in [1.82, 2.24) is 0 Å². The molecule has 0 aliphatic rings. The Balaban J connectivity index is 3.20. The number of anilines is 1. The van der Waals surface area contributed by atoms with E-state index < -0.39 is 0 Å². The van der Waals surface area contributed by atoms with Gasteiger partial charge < -0.3 is 16.3 Å². The normalized spacial score (nSPS) is 11.2. The molecule has 5 nitrogen and oxygen atoms in total. The number of carbonyl (C=O) groups excluding carboxylic acids is 1. The average molecular weight is 272 g/mol. The number of hydrogen-bond donors (Lipinski definition) is 3. The second-order valence-electron chi connectivity index (χ2n) is 2.86. The molecule has 6 heteroatoms. The molecule has 0 aromatic heterocycles. The van der Waals surface area contributed by atoms with Crippen molar-refractivity contribution in [3.05, 3.63) is 28.2 Å². The zero-order valence-corrected chi connectivity index (χ0v) is 9.58. The molecule has 1 aromatic rings. The van der Waals surface area contributed by atoms with E-state index in [4.69, 9.17) is 10.9 Å². The minimum atomic E-state index is -0.222. The molecule has 4 N–H and O–H groups in total. The second kappa shape index (κ2) is 4.79. The van der Waals surface area contributed by atoms with Crippen LogP contribution in [0, 0.1) is 0 Å². The molecule has 0 radical (unpaired) electrons. The van der Waals surface area contributed by atoms with E-state index in [-0.39, 0.29) is 11.7 Å². The summed E-state index contributed by atoms with van der Waals surface area (Å²) in [6.07, 6.45) is 0. The molecule has 0 aliphatic carbocycles. The van der Waals surface area contributed by atoms with E-state index in [1.54, 1.807) is 18.2 Å². The van der Waals surface area contributed by atoms with Gasteiger partial charge in [-0.15, -0.1) is 0 Å². The summed E-state index contributed by atoms with van der Waals surface area (Å²) in [6.45, 7) is 1.39. The van der Waals surface area contributed by atoms with Crippen molar-refractivity contribution in [1.29, 1.82) is 0 Å². The fourth-order valence-electron chi connectivity index (χ4n) is 1.09. The van der Waals surface area contributed by atoms with Crippen LogP contribution in [0.1, 0.15) is 12.5 Å². The minimum absolute atomic E-state index is 0.0498. The van der Waals surface area contributed by atoms with E-state index in [0.29, 0.717) is 11.3 Å². The smallest absolute Gasteiger partial charge is 0.221 e. The van der Waals surface area contributed by atoms with Gasteiger partial charge in [-0.1, -0.05) is 21.1 Å². The SMILES string of the molecule is CC(=O)Nc1cc(Br)ccc1/C(N)=N/O. The standard InChI is InChI=1S/C9H10BrN3O2/c1-5(14)12-8-4-6(10)2-3-7(8)9(11)13-15/h2-4,15H,1H3,(H2,11,13)(H,12,14). The van der Waals surface area contributed by atoms with Crippen LogP contribution in [0.15, 0.2) is 27.8 Å². The van der Waals surface area contributed by atoms with Gasteiger partial charge in [-0.2, -0.15) is 0 Å². The first-order chi connectivity index (χ1) is 7.04. The van der Waals surface area contributed by atoms with E-state index in [9.17, 15) is 4.79 Å². The van der Waals surface area contributed by atoms with Crippen molar-refractivity contribution >= 4 is 33.4 Å². The molecular weight excluding hydrogens is 262 g/mol. The highest BCUT2D eigenvalue weighted by molar-refractivity contribution is 9.10. The number of carbonyl (C=O) groups is 1. The third-order valence-corrected chi connectivity index (χ3v) is 2.17. The molecule has 0 atom stereocenters. The van der Waals surface area contributed by atoms with Crippen LogP contribution in [0.5, 0.6) is 0 Å². The van der Waals surface area contributed by atoms with Gasteiger partial charge >= 0.3 is 0 Å². The lowest BCUT2D eigenvalue weighted by Crippen LogP contribution is -2.17. The van der Waals surface area contributed by atoms with Crippen molar-refractivity contribution < 1.29 is 10.0 Å². The molecule has 1 aromatic carbocycles. The quantitative estimate of drug-likeness (QED) is 0.330. The number of nitrogens with two attached hydrogens (primary N) is 1. The highest BCUT2D eigenvalue weighted by atomic mass is 79.9. The maximum absolute atomic E-state index is 10.9. The van der Waals surface area contributed by atoms with Gasteiger partial charge in [-0.3, -0.25) is 4.79 Å². The summed E-state index contributed by atoms with van der Waals surface area (Å²) in [4.78, 5) is 10.9. The van der Waals surface area contributed by atoms with Crippen LogP contribution >= 0.6 is 15.9 Å². The molecule has 0 heterocycles. The predicted octanol–water partition coefficient (Wildman–Crippen LogP) is 1.50. The number of nitrogens with one attached hydrogen (secondary N) is 1. The topological polar surface area (TPSA) is 87.7 Å². The number of nitrogens with zero attached hydrogens (tertiary/aromatic N) is 1. The van der Waals surface area contributed by atoms with Crippen LogP contribution in [0.3, 0.4) is 0 Å². The highest BCUT2D eigenvalue weighted by Gasteiger charge is 2.08. The molecule has 0 saturated heterocycles. The molecule has 0 bridgehead atoms. The summed E-state index contributed by atoms with van der Waals surface area (Å²) in [5, 5.41) is 14.0. The van der Waals surface area contributed by atoms with Crippen molar-refractivity contribution in [2.75, 3.05) is 5.32 Å². The summed E-state index contributed by atoms with van der Waals surface area (Å²) in [7, 11) is 0. The third-order valence-electron chi connectivity index (χ3n) is 1.68. The van der Waals surface area contributed by atoms with Gasteiger partial charge in [0, 0.05) is 17.0 Å². The monoisotopic (exact) mass is 271 g/mol. The molecule has 1 amide bonds. The van der Waals surface area contributed by atoms with Gasteiger partial charge in [0.05, 0.1) is 5.69 Å². The molecule has 0 saturated carbocycles. The first-order valence-corrected chi connectivity index (χ1v) is 4.89. The Hall–Kier alpha value is -1.56. The number of rotatable bonds is 2. The Labute approximate surface area is 95.1 Å². The van der Waals surface area contributed by atoms with Gasteiger partial charge in [-0.05, 0) is 18.2 Å². The van der Waals surface area contributed by atoms with Gasteiger partial charge in [0.1, 0.15) is 0 Å². The summed E-state index contributed by atoms with van der Waals surface area (Å²) in [5.74, 6) is -0.272.